The molecule has 30 heavy (non-hydrogen) atoms. The van der Waals surface area contributed by atoms with Crippen LogP contribution in [-0.2, 0) is 0 Å². The van der Waals surface area contributed by atoms with Crippen molar-refractivity contribution >= 4 is 22.5 Å². The maximum atomic E-state index is 12.7. The lowest BCUT2D eigenvalue weighted by molar-refractivity contribution is -0.909. The van der Waals surface area contributed by atoms with Crippen molar-refractivity contribution in [1.82, 2.24) is 9.78 Å². The van der Waals surface area contributed by atoms with Gasteiger partial charge in [0.15, 0.2) is 0 Å². The molecule has 1 aromatic carbocycles. The van der Waals surface area contributed by atoms with Crippen LogP contribution in [-0.4, -0.2) is 28.0 Å². The third-order valence-electron chi connectivity index (χ3n) is 5.78. The number of carbonyl (C=O) groups is 1. The predicted octanol–water partition coefficient (Wildman–Crippen LogP) is 3.49. The Morgan fingerprint density at radius 2 is 2.10 bits per heavy atom. The van der Waals surface area contributed by atoms with Gasteiger partial charge in [-0.1, -0.05) is 0 Å². The quantitative estimate of drug-likeness (QED) is 0.396. The molecule has 7 heteroatoms. The molecule has 2 heterocycles. The van der Waals surface area contributed by atoms with Gasteiger partial charge in [0.2, 0.25) is 5.69 Å². The Bertz CT molecular complexity index is 1140. The molecule has 0 saturated heterocycles. The highest BCUT2D eigenvalue weighted by Gasteiger charge is 2.24. The average molecular weight is 405 g/mol. The summed E-state index contributed by atoms with van der Waals surface area (Å²) < 4.78 is 8.34. The molecule has 1 saturated carbocycles. The van der Waals surface area contributed by atoms with E-state index in [-0.39, 0.29) is 5.69 Å². The molecule has 3 aromatic rings. The van der Waals surface area contributed by atoms with Crippen LogP contribution in [0.15, 0.2) is 36.5 Å². The molecule has 0 spiro atoms. The Labute approximate surface area is 175 Å². The summed E-state index contributed by atoms with van der Waals surface area (Å²) in [7, 11) is 1.55. The highest BCUT2D eigenvalue weighted by atomic mass is 16.5. The van der Waals surface area contributed by atoms with E-state index in [1.54, 1.807) is 32.2 Å². The summed E-state index contributed by atoms with van der Waals surface area (Å²) in [4.78, 5) is 12.7. The second kappa shape index (κ2) is 8.07. The predicted molar refractivity (Wildman–Crippen MR) is 113 cm³/mol. The molecule has 7 nitrogen and oxygen atoms in total. The van der Waals surface area contributed by atoms with Crippen molar-refractivity contribution in [2.45, 2.75) is 38.6 Å². The van der Waals surface area contributed by atoms with Gasteiger partial charge in [0.05, 0.1) is 24.4 Å². The van der Waals surface area contributed by atoms with E-state index in [0.29, 0.717) is 29.1 Å². The number of methoxy groups -OCH3 is 1. The smallest absolute Gasteiger partial charge is 0.325 e. The summed E-state index contributed by atoms with van der Waals surface area (Å²) >= 11 is 0. The lowest BCUT2D eigenvalue weighted by Gasteiger charge is -2.25. The van der Waals surface area contributed by atoms with Crippen LogP contribution in [0.3, 0.4) is 0 Å². The number of benzene rings is 1. The number of ether oxygens (including phenoxy) is 1. The second-order valence-corrected chi connectivity index (χ2v) is 7.71. The van der Waals surface area contributed by atoms with Gasteiger partial charge >= 0.3 is 11.6 Å². The highest BCUT2D eigenvalue weighted by Crippen LogP contribution is 2.34. The number of hydrogen-bond donors (Lipinski definition) is 2. The van der Waals surface area contributed by atoms with Crippen molar-refractivity contribution in [1.29, 1.82) is 0 Å². The Hall–Kier alpha value is -3.53. The first-order valence-corrected chi connectivity index (χ1v) is 10.1. The molecule has 0 bridgehead atoms. The molecular formula is C23H25N4O3+. The summed E-state index contributed by atoms with van der Waals surface area (Å²) in [5, 5.41) is 18.6. The van der Waals surface area contributed by atoms with E-state index in [1.165, 1.54) is 0 Å². The molecule has 0 aliphatic heterocycles. The molecule has 2 aromatic heterocycles. The first kappa shape index (κ1) is 19.8. The molecule has 0 atom stereocenters. The van der Waals surface area contributed by atoms with E-state index < -0.39 is 5.91 Å². The van der Waals surface area contributed by atoms with Crippen LogP contribution in [0.25, 0.3) is 10.9 Å². The van der Waals surface area contributed by atoms with E-state index in [0.717, 1.165) is 41.3 Å². The number of anilines is 1. The fraction of sp³-hybridized carbons (Fsp3) is 0.348. The molecule has 2 N–H and O–H groups in total. The van der Waals surface area contributed by atoms with Crippen molar-refractivity contribution in [2.24, 2.45) is 5.92 Å². The largest absolute Gasteiger partial charge is 0.494 e. The molecule has 1 fully saturated rings. The maximum absolute atomic E-state index is 12.7. The number of aryl methyl sites for hydroxylation is 1. The van der Waals surface area contributed by atoms with Crippen LogP contribution in [0.2, 0.25) is 0 Å². The summed E-state index contributed by atoms with van der Waals surface area (Å²) in [6.07, 6.45) is 11.6. The van der Waals surface area contributed by atoms with E-state index in [1.807, 2.05) is 23.0 Å². The highest BCUT2D eigenvalue weighted by molar-refractivity contribution is 6.04. The number of rotatable bonds is 4. The van der Waals surface area contributed by atoms with E-state index in [9.17, 15) is 10.0 Å². The fourth-order valence-corrected chi connectivity index (χ4v) is 4.00. The topological polar surface area (TPSA) is 80.3 Å². The van der Waals surface area contributed by atoms with Crippen LogP contribution in [0.5, 0.6) is 5.75 Å². The zero-order valence-corrected chi connectivity index (χ0v) is 17.1. The normalized spacial score (nSPS) is 18.7. The SMILES string of the molecule is C#C[C@H]1CC[C@H](n2cc3cc(NC(=O)c4cccc(C)[n+]4O)c(OC)cc3n2)CC1. The van der Waals surface area contributed by atoms with Crippen molar-refractivity contribution in [2.75, 3.05) is 12.4 Å². The standard InChI is InChI=1S/C23H24N4O3/c1-4-16-8-10-18(11-9-16)26-14-17-12-20(22(30-3)13-19(17)25-26)24-23(28)21-7-5-6-15(2)27(21)29/h1,5-7,12-14,16,18H,8-11H2,2-3H3,(H-,24,28,29)/p+1/t16-,18-. The van der Waals surface area contributed by atoms with Gasteiger partial charge < -0.3 is 10.1 Å². The fourth-order valence-electron chi connectivity index (χ4n) is 4.00. The van der Waals surface area contributed by atoms with Crippen LogP contribution < -0.4 is 14.8 Å². The number of amides is 1. The van der Waals surface area contributed by atoms with Crippen LogP contribution in [0, 0.1) is 25.2 Å². The molecule has 4 rings (SSSR count). The Kier molecular flexibility index (Phi) is 5.32. The average Bonchev–Trinajstić information content (AvgIpc) is 3.18. The third kappa shape index (κ3) is 3.69. The number of fused-ring (bicyclic) bond motifs is 1. The van der Waals surface area contributed by atoms with Gasteiger partial charge in [-0.3, -0.25) is 14.7 Å². The zero-order valence-electron chi connectivity index (χ0n) is 17.1. The van der Waals surface area contributed by atoms with Crippen molar-refractivity contribution in [3.8, 4) is 18.1 Å². The van der Waals surface area contributed by atoms with E-state index in [2.05, 4.69) is 11.2 Å². The molecular weight excluding hydrogens is 380 g/mol. The van der Waals surface area contributed by atoms with Crippen LogP contribution in [0.1, 0.15) is 47.9 Å². The van der Waals surface area contributed by atoms with Gasteiger partial charge in [-0.2, -0.15) is 5.10 Å². The molecule has 1 aliphatic rings. The van der Waals surface area contributed by atoms with E-state index in [4.69, 9.17) is 16.3 Å². The van der Waals surface area contributed by atoms with Crippen molar-refractivity contribution < 1.29 is 19.5 Å². The Morgan fingerprint density at radius 1 is 1.33 bits per heavy atom. The summed E-state index contributed by atoms with van der Waals surface area (Å²) in [5.41, 5.74) is 2.02. The number of carbonyl (C=O) groups excluding carboxylic acids is 1. The number of pyridine rings is 1. The van der Waals surface area contributed by atoms with Crippen molar-refractivity contribution in [3.05, 3.63) is 47.9 Å². The first-order chi connectivity index (χ1) is 14.5. The van der Waals surface area contributed by atoms with Gasteiger partial charge in [0.1, 0.15) is 5.75 Å². The summed E-state index contributed by atoms with van der Waals surface area (Å²) in [6, 6.07) is 8.98. The maximum Gasteiger partial charge on any atom is 0.325 e. The first-order valence-electron chi connectivity index (χ1n) is 10.1. The van der Waals surface area contributed by atoms with Gasteiger partial charge in [-0.15, -0.1) is 12.3 Å². The van der Waals surface area contributed by atoms with Gasteiger partial charge in [-0.05, 0) is 37.8 Å². The number of hydrogen-bond acceptors (Lipinski definition) is 4. The Balaban J connectivity index is 1.61. The molecule has 1 amide bonds. The molecule has 1 aliphatic carbocycles. The molecule has 154 valence electrons. The van der Waals surface area contributed by atoms with Gasteiger partial charge in [-0.25, -0.2) is 0 Å². The minimum Gasteiger partial charge on any atom is -0.494 e. The lowest BCUT2D eigenvalue weighted by Crippen LogP contribution is -2.42. The summed E-state index contributed by atoms with van der Waals surface area (Å²) in [5.74, 6) is 3.30. The second-order valence-electron chi connectivity index (χ2n) is 7.71. The molecule has 0 radical (unpaired) electrons. The third-order valence-corrected chi connectivity index (χ3v) is 5.78. The zero-order chi connectivity index (χ0) is 21.3. The minimum atomic E-state index is -0.432. The van der Waals surface area contributed by atoms with Gasteiger partial charge in [0, 0.05) is 47.4 Å². The number of nitrogens with zero attached hydrogens (tertiary/aromatic N) is 3. The van der Waals surface area contributed by atoms with Crippen molar-refractivity contribution in [3.63, 3.8) is 0 Å². The van der Waals surface area contributed by atoms with Gasteiger partial charge in [0.25, 0.3) is 0 Å². The number of aromatic nitrogens is 3. The molecule has 0 unspecified atom stereocenters. The Morgan fingerprint density at radius 3 is 2.80 bits per heavy atom. The minimum absolute atomic E-state index is 0.137. The van der Waals surface area contributed by atoms with E-state index >= 15 is 0 Å². The number of terminal acetylenes is 1. The van der Waals surface area contributed by atoms with Crippen LogP contribution >= 0.6 is 0 Å². The monoisotopic (exact) mass is 405 g/mol. The lowest BCUT2D eigenvalue weighted by atomic mass is 9.87. The van der Waals surface area contributed by atoms with Crippen LogP contribution in [0.4, 0.5) is 5.69 Å². The number of nitrogens with one attached hydrogen (secondary N) is 1. The summed E-state index contributed by atoms with van der Waals surface area (Å²) in [6.45, 7) is 1.72.